The van der Waals surface area contributed by atoms with E-state index >= 15 is 0 Å². The highest BCUT2D eigenvalue weighted by Gasteiger charge is 2.18. The van der Waals surface area contributed by atoms with Crippen LogP contribution >= 0.6 is 11.6 Å². The van der Waals surface area contributed by atoms with Crippen molar-refractivity contribution in [2.45, 2.75) is 25.7 Å². The highest BCUT2D eigenvalue weighted by molar-refractivity contribution is 6.31. The highest BCUT2D eigenvalue weighted by atomic mass is 35.5. The van der Waals surface area contributed by atoms with E-state index in [1.165, 1.54) is 6.08 Å². The van der Waals surface area contributed by atoms with Gasteiger partial charge in [0.2, 0.25) is 0 Å². The molecule has 3 aromatic rings. The molecule has 1 saturated heterocycles. The van der Waals surface area contributed by atoms with Crippen LogP contribution in [0.5, 0.6) is 0 Å². The predicted molar refractivity (Wildman–Crippen MR) is 139 cm³/mol. The summed E-state index contributed by atoms with van der Waals surface area (Å²) in [4.78, 5) is 24.9. The Morgan fingerprint density at radius 1 is 1.06 bits per heavy atom. The first-order valence-electron chi connectivity index (χ1n) is 11.9. The fourth-order valence-corrected chi connectivity index (χ4v) is 4.40. The van der Waals surface area contributed by atoms with Gasteiger partial charge in [0.25, 0.3) is 0 Å². The Kier molecular flexibility index (Phi) is 8.26. The number of nitrogens with zero attached hydrogens (tertiary/aromatic N) is 4. The van der Waals surface area contributed by atoms with Crippen molar-refractivity contribution < 1.29 is 9.18 Å². The Labute approximate surface area is 211 Å². The number of aryl methyl sites for hydroxylation is 2. The van der Waals surface area contributed by atoms with E-state index < -0.39 is 0 Å². The number of ketones is 1. The van der Waals surface area contributed by atoms with Crippen molar-refractivity contribution in [2.24, 2.45) is 0 Å². The molecule has 182 valence electrons. The summed E-state index contributed by atoms with van der Waals surface area (Å²) in [7, 11) is 2.08. The maximum atomic E-state index is 14.9. The van der Waals surface area contributed by atoms with Crippen molar-refractivity contribution in [1.82, 2.24) is 14.9 Å². The number of carbonyl (C=O) groups is 1. The van der Waals surface area contributed by atoms with Crippen LogP contribution in [-0.4, -0.2) is 53.9 Å². The molecular weight excluding hydrogens is 463 g/mol. The second kappa shape index (κ2) is 11.6. The molecule has 2 aromatic carbocycles. The van der Waals surface area contributed by atoms with Crippen molar-refractivity contribution in [3.05, 3.63) is 100 Å². The average Bonchev–Trinajstić information content (AvgIpc) is 2.86. The third-order valence-corrected chi connectivity index (χ3v) is 6.68. The molecule has 0 spiro atoms. The lowest BCUT2D eigenvalue weighted by molar-refractivity contribution is -0.114. The lowest BCUT2D eigenvalue weighted by Crippen LogP contribution is -2.44. The van der Waals surface area contributed by atoms with Crippen LogP contribution in [0.3, 0.4) is 0 Å². The number of piperazine rings is 1. The molecular formula is C28H30ClFN4O. The second-order valence-electron chi connectivity index (χ2n) is 9.00. The van der Waals surface area contributed by atoms with Gasteiger partial charge in [-0.15, -0.1) is 0 Å². The number of benzene rings is 2. The summed E-state index contributed by atoms with van der Waals surface area (Å²) in [5.74, 6) is 0.417. The predicted octanol–water partition coefficient (Wildman–Crippen LogP) is 4.69. The van der Waals surface area contributed by atoms with Crippen molar-refractivity contribution >= 4 is 23.1 Å². The molecule has 1 aliphatic heterocycles. The van der Waals surface area contributed by atoms with E-state index in [0.29, 0.717) is 35.8 Å². The normalized spacial score (nSPS) is 14.2. The topological polar surface area (TPSA) is 49.3 Å². The molecule has 1 aliphatic rings. The zero-order chi connectivity index (χ0) is 24.8. The van der Waals surface area contributed by atoms with Gasteiger partial charge in [0.1, 0.15) is 11.6 Å². The monoisotopic (exact) mass is 492 g/mol. The van der Waals surface area contributed by atoms with Crippen LogP contribution in [-0.2, 0) is 30.5 Å². The maximum Gasteiger partial charge on any atom is 0.159 e. The van der Waals surface area contributed by atoms with Gasteiger partial charge >= 0.3 is 0 Å². The molecule has 0 aliphatic carbocycles. The van der Waals surface area contributed by atoms with Crippen molar-refractivity contribution in [1.29, 1.82) is 0 Å². The number of allylic oxidation sites excluding steroid dienone is 1. The lowest BCUT2D eigenvalue weighted by Gasteiger charge is -2.34. The molecule has 4 rings (SSSR count). The third-order valence-electron chi connectivity index (χ3n) is 6.36. The summed E-state index contributed by atoms with van der Waals surface area (Å²) in [5, 5.41) is 0.526. The van der Waals surface area contributed by atoms with Crippen LogP contribution in [0.2, 0.25) is 5.02 Å². The van der Waals surface area contributed by atoms with Crippen LogP contribution in [0.25, 0.3) is 0 Å². The largest absolute Gasteiger partial charge is 0.367 e. The molecule has 2 heterocycles. The smallest absolute Gasteiger partial charge is 0.159 e. The number of halogens is 2. The fraction of sp³-hybridized carbons (Fsp3) is 0.321. The fourth-order valence-electron chi connectivity index (χ4n) is 4.21. The summed E-state index contributed by atoms with van der Waals surface area (Å²) in [6.45, 7) is 7.03. The number of hydrogen-bond donors (Lipinski definition) is 0. The van der Waals surface area contributed by atoms with Gasteiger partial charge in [-0.3, -0.25) is 4.79 Å². The third kappa shape index (κ3) is 6.74. The number of likely N-dealkylation sites (N-methyl/N-ethyl adjacent to an activating group) is 1. The SMILES string of the molecule is C=CC(=O)Cc1ccc(CCc2nc(Cc3ccc(N4CCN(C)CC4)c(F)c3)ncc2Cl)cc1. The van der Waals surface area contributed by atoms with E-state index in [9.17, 15) is 9.18 Å². The van der Waals surface area contributed by atoms with Gasteiger partial charge in [-0.2, -0.15) is 0 Å². The number of hydrogen-bond acceptors (Lipinski definition) is 5. The number of rotatable bonds is 9. The number of anilines is 1. The molecule has 0 atom stereocenters. The minimum absolute atomic E-state index is 0.00639. The van der Waals surface area contributed by atoms with Crippen molar-refractivity contribution in [3.8, 4) is 0 Å². The van der Waals surface area contributed by atoms with Crippen LogP contribution in [0.1, 0.15) is 28.2 Å². The standard InChI is InChI=1S/C28H30ClFN4O/c1-3-23(35)16-21-6-4-20(5-7-21)8-10-26-24(29)19-31-28(32-26)18-22-9-11-27(25(30)17-22)34-14-12-33(2)13-15-34/h3-7,9,11,17,19H,1,8,10,12-16,18H2,2H3. The van der Waals surface area contributed by atoms with Crippen molar-refractivity contribution in [3.63, 3.8) is 0 Å². The zero-order valence-electron chi connectivity index (χ0n) is 20.0. The molecule has 0 saturated carbocycles. The minimum atomic E-state index is -0.209. The van der Waals surface area contributed by atoms with E-state index in [1.54, 1.807) is 12.3 Å². The van der Waals surface area contributed by atoms with Gasteiger partial charge in [0.05, 0.1) is 16.4 Å². The Bertz CT molecular complexity index is 1190. The number of aromatic nitrogens is 2. The Hall–Kier alpha value is -3.09. The van der Waals surface area contributed by atoms with Gasteiger partial charge in [-0.05, 0) is 54.8 Å². The Balaban J connectivity index is 1.39. The molecule has 0 radical (unpaired) electrons. The van der Waals surface area contributed by atoms with Crippen LogP contribution in [0.4, 0.5) is 10.1 Å². The molecule has 35 heavy (non-hydrogen) atoms. The van der Waals surface area contributed by atoms with Crippen LogP contribution in [0, 0.1) is 5.82 Å². The van der Waals surface area contributed by atoms with E-state index in [1.807, 2.05) is 36.4 Å². The van der Waals surface area contributed by atoms with Gasteiger partial charge in [0, 0.05) is 45.2 Å². The Morgan fingerprint density at radius 2 is 1.74 bits per heavy atom. The van der Waals surface area contributed by atoms with Gasteiger partial charge in [0.15, 0.2) is 5.78 Å². The molecule has 0 N–H and O–H groups in total. The maximum absolute atomic E-state index is 14.9. The average molecular weight is 493 g/mol. The minimum Gasteiger partial charge on any atom is -0.367 e. The first-order valence-corrected chi connectivity index (χ1v) is 12.2. The molecule has 5 nitrogen and oxygen atoms in total. The molecule has 0 unspecified atom stereocenters. The van der Waals surface area contributed by atoms with E-state index in [4.69, 9.17) is 11.6 Å². The number of carbonyl (C=O) groups excluding carboxylic acids is 1. The summed E-state index contributed by atoms with van der Waals surface area (Å²) < 4.78 is 14.9. The first-order chi connectivity index (χ1) is 16.9. The van der Waals surface area contributed by atoms with Crippen LogP contribution in [0.15, 0.2) is 61.3 Å². The summed E-state index contributed by atoms with van der Waals surface area (Å²) in [6, 6.07) is 13.4. The van der Waals surface area contributed by atoms with Crippen LogP contribution < -0.4 is 4.90 Å². The quantitative estimate of drug-likeness (QED) is 0.405. The first kappa shape index (κ1) is 25.0. The molecule has 0 bridgehead atoms. The van der Waals surface area contributed by atoms with E-state index in [-0.39, 0.29) is 11.6 Å². The summed E-state index contributed by atoms with van der Waals surface area (Å²) in [5.41, 5.74) is 4.36. The summed E-state index contributed by atoms with van der Waals surface area (Å²) in [6.07, 6.45) is 5.20. The molecule has 7 heteroatoms. The molecule has 1 aromatic heterocycles. The van der Waals surface area contributed by atoms with E-state index in [2.05, 4.69) is 33.4 Å². The highest BCUT2D eigenvalue weighted by Crippen LogP contribution is 2.23. The van der Waals surface area contributed by atoms with Gasteiger partial charge in [-0.25, -0.2) is 14.4 Å². The van der Waals surface area contributed by atoms with Crippen molar-refractivity contribution in [2.75, 3.05) is 38.1 Å². The van der Waals surface area contributed by atoms with Gasteiger partial charge < -0.3 is 9.80 Å². The lowest BCUT2D eigenvalue weighted by atomic mass is 10.0. The second-order valence-corrected chi connectivity index (χ2v) is 9.40. The van der Waals surface area contributed by atoms with E-state index in [0.717, 1.165) is 55.0 Å². The summed E-state index contributed by atoms with van der Waals surface area (Å²) >= 11 is 6.37. The Morgan fingerprint density at radius 3 is 2.43 bits per heavy atom. The zero-order valence-corrected chi connectivity index (χ0v) is 20.8. The molecule has 0 amide bonds. The molecule has 1 fully saturated rings. The van der Waals surface area contributed by atoms with Gasteiger partial charge in [-0.1, -0.05) is 48.5 Å².